The molecule has 0 spiro atoms. The number of carbonyl (C=O) groups excluding carboxylic acids is 1. The Morgan fingerprint density at radius 2 is 1.42 bits per heavy atom. The molecule has 112 valence electrons. The van der Waals surface area contributed by atoms with Gasteiger partial charge in [-0.1, -0.05) is 77.4 Å². The van der Waals surface area contributed by atoms with Gasteiger partial charge in [0.25, 0.3) is 0 Å². The van der Waals surface area contributed by atoms with Crippen molar-refractivity contribution in [3.63, 3.8) is 0 Å². The molecule has 0 fully saturated rings. The lowest BCUT2D eigenvalue weighted by molar-refractivity contribution is -0.142. The molecule has 0 unspecified atom stereocenters. The summed E-state index contributed by atoms with van der Waals surface area (Å²) in [5, 5.41) is 0. The number of rotatable bonds is 13. The molecule has 0 aromatic heterocycles. The van der Waals surface area contributed by atoms with E-state index < -0.39 is 0 Å². The molecule has 0 aromatic rings. The van der Waals surface area contributed by atoms with Crippen LogP contribution in [-0.2, 0) is 9.53 Å². The van der Waals surface area contributed by atoms with E-state index in [-0.39, 0.29) is 5.97 Å². The number of ether oxygens (including phenoxy) is 1. The maximum atomic E-state index is 11.4. The fourth-order valence-electron chi connectivity index (χ4n) is 2.03. The van der Waals surface area contributed by atoms with Gasteiger partial charge < -0.3 is 4.74 Å². The topological polar surface area (TPSA) is 26.3 Å². The second-order valence-electron chi connectivity index (χ2n) is 5.14. The average molecular weight is 268 g/mol. The first kappa shape index (κ1) is 18.2. The number of esters is 1. The predicted octanol–water partition coefficient (Wildman–Crippen LogP) is 5.42. The van der Waals surface area contributed by atoms with E-state index in [2.05, 4.69) is 13.8 Å². The third-order valence-corrected chi connectivity index (χ3v) is 3.23. The first-order valence-electron chi connectivity index (χ1n) is 8.11. The van der Waals surface area contributed by atoms with Crippen molar-refractivity contribution in [2.75, 3.05) is 6.61 Å². The molecule has 0 aliphatic carbocycles. The molecule has 0 radical (unpaired) electrons. The molecule has 0 saturated carbocycles. The fraction of sp³-hybridized carbons (Fsp3) is 0.824. The van der Waals surface area contributed by atoms with Crippen LogP contribution in [0.4, 0.5) is 0 Å². The minimum Gasteiger partial charge on any atom is -0.461 e. The molecule has 2 nitrogen and oxygen atoms in total. The summed E-state index contributed by atoms with van der Waals surface area (Å²) in [6.45, 7) is 4.75. The van der Waals surface area contributed by atoms with Gasteiger partial charge >= 0.3 is 5.97 Å². The Balaban J connectivity index is 3.16. The number of hydrogen-bond acceptors (Lipinski definition) is 2. The number of hydrogen-bond donors (Lipinski definition) is 0. The highest BCUT2D eigenvalue weighted by molar-refractivity contribution is 5.69. The summed E-state index contributed by atoms with van der Waals surface area (Å²) in [7, 11) is 0. The normalized spacial score (nSPS) is 11.1. The second kappa shape index (κ2) is 15.3. The van der Waals surface area contributed by atoms with Gasteiger partial charge in [-0.05, 0) is 12.8 Å². The largest absolute Gasteiger partial charge is 0.461 e. The van der Waals surface area contributed by atoms with Gasteiger partial charge in [0.05, 0.1) is 0 Å². The zero-order chi connectivity index (χ0) is 14.2. The zero-order valence-electron chi connectivity index (χ0n) is 13.0. The molecule has 0 saturated heterocycles. The molecule has 0 bridgehead atoms. The molecule has 0 aliphatic rings. The Hall–Kier alpha value is -0.790. The highest BCUT2D eigenvalue weighted by atomic mass is 16.5. The number of allylic oxidation sites excluding steroid dienone is 1. The Morgan fingerprint density at radius 3 is 2.00 bits per heavy atom. The summed E-state index contributed by atoms with van der Waals surface area (Å²) < 4.78 is 5.09. The molecular weight excluding hydrogens is 236 g/mol. The third-order valence-electron chi connectivity index (χ3n) is 3.23. The number of carbonyl (C=O) groups is 1. The highest BCUT2D eigenvalue weighted by Crippen LogP contribution is 2.10. The van der Waals surface area contributed by atoms with Crippen LogP contribution in [0.3, 0.4) is 0 Å². The minimum atomic E-state index is -0.0521. The van der Waals surface area contributed by atoms with E-state index in [9.17, 15) is 4.79 Å². The summed E-state index contributed by atoms with van der Waals surface area (Å²) in [6, 6.07) is 0. The van der Waals surface area contributed by atoms with Gasteiger partial charge in [-0.25, -0.2) is 0 Å². The summed E-state index contributed by atoms with van der Waals surface area (Å²) in [5.74, 6) is -0.0521. The first-order valence-corrected chi connectivity index (χ1v) is 8.11. The van der Waals surface area contributed by atoms with Crippen LogP contribution >= 0.6 is 0 Å². The molecular formula is C17H32O2. The Bertz CT molecular complexity index is 221. The summed E-state index contributed by atoms with van der Waals surface area (Å²) >= 11 is 0. The van der Waals surface area contributed by atoms with E-state index in [1.54, 1.807) is 0 Å². The van der Waals surface area contributed by atoms with Gasteiger partial charge in [-0.3, -0.25) is 4.79 Å². The lowest BCUT2D eigenvalue weighted by atomic mass is 10.1. The first-order chi connectivity index (χ1) is 9.31. The quantitative estimate of drug-likeness (QED) is 0.253. The van der Waals surface area contributed by atoms with E-state index in [1.807, 2.05) is 12.2 Å². The van der Waals surface area contributed by atoms with Crippen LogP contribution in [0.1, 0.15) is 84.5 Å². The van der Waals surface area contributed by atoms with Crippen molar-refractivity contribution in [2.24, 2.45) is 0 Å². The predicted molar refractivity (Wildman–Crippen MR) is 82.2 cm³/mol. The average Bonchev–Trinajstić information content (AvgIpc) is 2.42. The van der Waals surface area contributed by atoms with Crippen LogP contribution in [0.5, 0.6) is 0 Å². The molecule has 0 aliphatic heterocycles. The number of unbranched alkanes of at least 4 members (excludes halogenated alkanes) is 8. The molecule has 0 atom stereocenters. The molecule has 2 heteroatoms. The van der Waals surface area contributed by atoms with Crippen LogP contribution in [0.2, 0.25) is 0 Å². The lowest BCUT2D eigenvalue weighted by Gasteiger charge is -2.03. The van der Waals surface area contributed by atoms with Gasteiger partial charge in [-0.15, -0.1) is 0 Å². The maximum absolute atomic E-state index is 11.4. The Morgan fingerprint density at radius 1 is 0.842 bits per heavy atom. The minimum absolute atomic E-state index is 0.0521. The smallest absolute Gasteiger partial charge is 0.306 e. The Labute approximate surface area is 119 Å². The van der Waals surface area contributed by atoms with Crippen molar-refractivity contribution in [1.82, 2.24) is 0 Å². The third kappa shape index (κ3) is 15.2. The molecule has 0 amide bonds. The van der Waals surface area contributed by atoms with Gasteiger partial charge in [-0.2, -0.15) is 0 Å². The molecule has 0 N–H and O–H groups in total. The van der Waals surface area contributed by atoms with Crippen LogP contribution in [0, 0.1) is 0 Å². The zero-order valence-corrected chi connectivity index (χ0v) is 13.0. The van der Waals surface area contributed by atoms with Gasteiger partial charge in [0.1, 0.15) is 6.61 Å². The van der Waals surface area contributed by atoms with Crippen molar-refractivity contribution in [1.29, 1.82) is 0 Å². The van der Waals surface area contributed by atoms with Crippen molar-refractivity contribution in [3.8, 4) is 0 Å². The van der Waals surface area contributed by atoms with Crippen molar-refractivity contribution >= 4 is 5.97 Å². The Kier molecular flexibility index (Phi) is 14.6. The molecule has 19 heavy (non-hydrogen) atoms. The van der Waals surface area contributed by atoms with E-state index in [4.69, 9.17) is 4.74 Å². The summed E-state index contributed by atoms with van der Waals surface area (Å²) in [5.41, 5.74) is 0. The summed E-state index contributed by atoms with van der Waals surface area (Å²) in [4.78, 5) is 11.4. The van der Waals surface area contributed by atoms with Crippen LogP contribution in [0.25, 0.3) is 0 Å². The standard InChI is InChI=1S/C17H32O2/c1-3-5-7-8-9-10-11-12-13-15-17(18)19-16-14-6-4-2/h6,14H,3-5,7-13,15-16H2,1-2H3. The van der Waals surface area contributed by atoms with Crippen LogP contribution in [0.15, 0.2) is 12.2 Å². The van der Waals surface area contributed by atoms with E-state index in [1.165, 1.54) is 44.9 Å². The molecule has 0 heterocycles. The summed E-state index contributed by atoms with van der Waals surface area (Å²) in [6.07, 6.45) is 17.0. The molecule has 0 rings (SSSR count). The highest BCUT2D eigenvalue weighted by Gasteiger charge is 2.00. The van der Waals surface area contributed by atoms with Gasteiger partial charge in [0.2, 0.25) is 0 Å². The van der Waals surface area contributed by atoms with Gasteiger partial charge in [0.15, 0.2) is 0 Å². The van der Waals surface area contributed by atoms with Crippen LogP contribution in [-0.4, -0.2) is 12.6 Å². The van der Waals surface area contributed by atoms with E-state index >= 15 is 0 Å². The van der Waals surface area contributed by atoms with Crippen LogP contribution < -0.4 is 0 Å². The maximum Gasteiger partial charge on any atom is 0.306 e. The monoisotopic (exact) mass is 268 g/mol. The lowest BCUT2D eigenvalue weighted by Crippen LogP contribution is -2.03. The van der Waals surface area contributed by atoms with Crippen molar-refractivity contribution in [3.05, 3.63) is 12.2 Å². The van der Waals surface area contributed by atoms with E-state index in [0.29, 0.717) is 13.0 Å². The van der Waals surface area contributed by atoms with E-state index in [0.717, 1.165) is 19.3 Å². The SMILES string of the molecule is CCC=CCOC(=O)CCCCCCCCCCC. The second-order valence-corrected chi connectivity index (χ2v) is 5.14. The van der Waals surface area contributed by atoms with Crippen molar-refractivity contribution in [2.45, 2.75) is 84.5 Å². The molecule has 0 aromatic carbocycles. The van der Waals surface area contributed by atoms with Gasteiger partial charge in [0, 0.05) is 6.42 Å². The fourth-order valence-corrected chi connectivity index (χ4v) is 2.03. The van der Waals surface area contributed by atoms with Crippen molar-refractivity contribution < 1.29 is 9.53 Å².